The molecule has 1 amide bonds. The average Bonchev–Trinajstić information content (AvgIpc) is 3.20. The Bertz CT molecular complexity index is 1610. The quantitative estimate of drug-likeness (QED) is 0.204. The van der Waals surface area contributed by atoms with Gasteiger partial charge in [0.15, 0.2) is 5.78 Å². The average molecular weight is 571 g/mol. The van der Waals surface area contributed by atoms with Crippen LogP contribution in [0, 0.1) is 0 Å². The summed E-state index contributed by atoms with van der Waals surface area (Å²) in [7, 11) is 0. The van der Waals surface area contributed by atoms with Gasteiger partial charge in [-0.15, -0.1) is 0 Å². The number of ether oxygens (including phenoxy) is 1. The molecule has 1 heterocycles. The molecule has 1 N–H and O–H groups in total. The van der Waals surface area contributed by atoms with Gasteiger partial charge in [0.2, 0.25) is 5.91 Å². The number of carbonyl (C=O) groups excluding carboxylic acids is 2. The molecule has 2 aliphatic rings. The SMILES string of the molecule is CCCCCC(=O)N1c2ccccc2NC2=C(C(=O)C[C@H](c3ccccc3OCc3ccccc3)C2)[C@H]1c1ccccc1. The number of nitrogens with zero attached hydrogens (tertiary/aromatic N) is 1. The van der Waals surface area contributed by atoms with E-state index >= 15 is 0 Å². The third-order valence-electron chi connectivity index (χ3n) is 8.46. The molecule has 1 aliphatic carbocycles. The van der Waals surface area contributed by atoms with Gasteiger partial charge >= 0.3 is 0 Å². The molecule has 2 atom stereocenters. The van der Waals surface area contributed by atoms with Gasteiger partial charge in [-0.2, -0.15) is 0 Å². The minimum atomic E-state index is -0.500. The van der Waals surface area contributed by atoms with Crippen LogP contribution in [0.25, 0.3) is 0 Å². The number of nitrogens with one attached hydrogen (secondary N) is 1. The Morgan fingerprint density at radius 3 is 2.33 bits per heavy atom. The smallest absolute Gasteiger partial charge is 0.227 e. The van der Waals surface area contributed by atoms with E-state index in [1.807, 2.05) is 95.9 Å². The van der Waals surface area contributed by atoms with Crippen LogP contribution in [-0.2, 0) is 16.2 Å². The summed E-state index contributed by atoms with van der Waals surface area (Å²) in [6, 6.07) is 35.6. The van der Waals surface area contributed by atoms with Crippen molar-refractivity contribution < 1.29 is 14.3 Å². The predicted octanol–water partition coefficient (Wildman–Crippen LogP) is 8.75. The second-order valence-corrected chi connectivity index (χ2v) is 11.4. The van der Waals surface area contributed by atoms with Gasteiger partial charge in [0.1, 0.15) is 12.4 Å². The van der Waals surface area contributed by atoms with Crippen molar-refractivity contribution in [2.45, 2.75) is 64.0 Å². The zero-order valence-corrected chi connectivity index (χ0v) is 24.7. The summed E-state index contributed by atoms with van der Waals surface area (Å²) in [6.07, 6.45) is 4.29. The minimum Gasteiger partial charge on any atom is -0.489 e. The highest BCUT2D eigenvalue weighted by Crippen LogP contribution is 2.48. The van der Waals surface area contributed by atoms with Gasteiger partial charge in [-0.25, -0.2) is 0 Å². The van der Waals surface area contributed by atoms with E-state index in [0.29, 0.717) is 31.4 Å². The number of hydrogen-bond donors (Lipinski definition) is 1. The lowest BCUT2D eigenvalue weighted by molar-refractivity contribution is -0.119. The van der Waals surface area contributed by atoms with Crippen molar-refractivity contribution in [3.63, 3.8) is 0 Å². The van der Waals surface area contributed by atoms with Crippen molar-refractivity contribution >= 4 is 23.1 Å². The first-order valence-electron chi connectivity index (χ1n) is 15.4. The summed E-state index contributed by atoms with van der Waals surface area (Å²) in [5.74, 6) is 0.847. The highest BCUT2D eigenvalue weighted by Gasteiger charge is 2.41. The van der Waals surface area contributed by atoms with Gasteiger partial charge in [-0.05, 0) is 47.7 Å². The summed E-state index contributed by atoms with van der Waals surface area (Å²) < 4.78 is 6.31. The summed E-state index contributed by atoms with van der Waals surface area (Å²) in [5.41, 5.74) is 6.28. The van der Waals surface area contributed by atoms with E-state index in [4.69, 9.17) is 4.74 Å². The van der Waals surface area contributed by atoms with Gasteiger partial charge in [-0.1, -0.05) is 111 Å². The maximum absolute atomic E-state index is 14.3. The number of para-hydroxylation sites is 3. The van der Waals surface area contributed by atoms with Crippen molar-refractivity contribution in [1.82, 2.24) is 0 Å². The van der Waals surface area contributed by atoms with Crippen LogP contribution in [0.15, 0.2) is 120 Å². The fraction of sp³-hybridized carbons (Fsp3) is 0.263. The summed E-state index contributed by atoms with van der Waals surface area (Å²) in [6.45, 7) is 2.60. The number of unbranched alkanes of at least 4 members (excludes halogenated alkanes) is 2. The molecule has 5 heteroatoms. The van der Waals surface area contributed by atoms with Gasteiger partial charge in [0, 0.05) is 30.0 Å². The number of hydrogen-bond acceptors (Lipinski definition) is 4. The lowest BCUT2D eigenvalue weighted by atomic mass is 9.78. The molecule has 43 heavy (non-hydrogen) atoms. The Morgan fingerprint density at radius 1 is 0.837 bits per heavy atom. The van der Waals surface area contributed by atoms with Gasteiger partial charge in [0.25, 0.3) is 0 Å². The van der Waals surface area contributed by atoms with E-state index in [-0.39, 0.29) is 17.6 Å². The Labute approximate surface area is 254 Å². The Morgan fingerprint density at radius 2 is 1.53 bits per heavy atom. The lowest BCUT2D eigenvalue weighted by Gasteiger charge is -2.35. The molecule has 0 spiro atoms. The van der Waals surface area contributed by atoms with Crippen LogP contribution >= 0.6 is 0 Å². The van der Waals surface area contributed by atoms with Crippen LogP contribution < -0.4 is 15.0 Å². The van der Waals surface area contributed by atoms with Crippen LogP contribution in [0.3, 0.4) is 0 Å². The van der Waals surface area contributed by atoms with E-state index < -0.39 is 6.04 Å². The Kier molecular flexibility index (Phi) is 8.69. The molecule has 0 aromatic heterocycles. The molecule has 1 aliphatic heterocycles. The Balaban J connectivity index is 1.40. The number of fused-ring (bicyclic) bond motifs is 1. The molecule has 0 fully saturated rings. The van der Waals surface area contributed by atoms with Crippen molar-refractivity contribution in [1.29, 1.82) is 0 Å². The van der Waals surface area contributed by atoms with E-state index in [1.165, 1.54) is 0 Å². The van der Waals surface area contributed by atoms with Gasteiger partial charge in [0.05, 0.1) is 17.4 Å². The number of allylic oxidation sites excluding steroid dienone is 1. The number of anilines is 2. The largest absolute Gasteiger partial charge is 0.489 e. The molecule has 0 saturated heterocycles. The van der Waals surface area contributed by atoms with E-state index in [2.05, 4.69) is 30.4 Å². The third kappa shape index (κ3) is 6.12. The molecule has 6 rings (SSSR count). The zero-order chi connectivity index (χ0) is 29.6. The number of rotatable bonds is 9. The molecule has 5 nitrogen and oxygen atoms in total. The predicted molar refractivity (Wildman–Crippen MR) is 172 cm³/mol. The first-order chi connectivity index (χ1) is 21.1. The molecular weight excluding hydrogens is 532 g/mol. The fourth-order valence-corrected chi connectivity index (χ4v) is 6.37. The zero-order valence-electron chi connectivity index (χ0n) is 24.7. The first-order valence-corrected chi connectivity index (χ1v) is 15.4. The summed E-state index contributed by atoms with van der Waals surface area (Å²) in [5, 5.41) is 3.64. The summed E-state index contributed by atoms with van der Waals surface area (Å²) in [4.78, 5) is 30.2. The lowest BCUT2D eigenvalue weighted by Crippen LogP contribution is -2.38. The highest BCUT2D eigenvalue weighted by molar-refractivity contribution is 6.06. The maximum Gasteiger partial charge on any atom is 0.227 e. The second-order valence-electron chi connectivity index (χ2n) is 11.4. The normalized spacial score (nSPS) is 17.9. The summed E-state index contributed by atoms with van der Waals surface area (Å²) >= 11 is 0. The number of amides is 1. The van der Waals surface area contributed by atoms with Crippen molar-refractivity contribution in [2.24, 2.45) is 0 Å². The van der Waals surface area contributed by atoms with Crippen molar-refractivity contribution in [3.05, 3.63) is 137 Å². The van der Waals surface area contributed by atoms with E-state index in [1.54, 1.807) is 0 Å². The highest BCUT2D eigenvalue weighted by atomic mass is 16.5. The Hall–Kier alpha value is -4.64. The fourth-order valence-electron chi connectivity index (χ4n) is 6.37. The topological polar surface area (TPSA) is 58.6 Å². The maximum atomic E-state index is 14.3. The molecular formula is C38H38N2O3. The van der Waals surface area contributed by atoms with Crippen LogP contribution in [0.5, 0.6) is 5.75 Å². The van der Waals surface area contributed by atoms with Gasteiger partial charge in [-0.3, -0.25) is 14.5 Å². The molecule has 0 bridgehead atoms. The number of benzene rings is 4. The number of carbonyl (C=O) groups is 2. The molecule has 0 radical (unpaired) electrons. The molecule has 218 valence electrons. The standard InChI is InChI=1S/C38H38N2O3/c1-2-3-6-23-36(42)40-33-21-13-12-20-31(33)39-32-24-29(25-34(41)37(32)38(40)28-17-9-5-10-18-28)30-19-11-14-22-35(30)43-26-27-15-7-4-8-16-27/h4-5,7-22,29,38-39H,2-3,6,23-26H2,1H3/t29-,38-/m1/s1. The van der Waals surface area contributed by atoms with Gasteiger partial charge < -0.3 is 10.1 Å². The van der Waals surface area contributed by atoms with E-state index in [9.17, 15) is 9.59 Å². The molecule has 4 aromatic rings. The molecule has 0 saturated carbocycles. The first kappa shape index (κ1) is 28.5. The second kappa shape index (κ2) is 13.1. The number of ketones is 1. The van der Waals surface area contributed by atoms with Crippen molar-refractivity contribution in [3.8, 4) is 5.75 Å². The minimum absolute atomic E-state index is 0.0416. The van der Waals surface area contributed by atoms with Crippen LogP contribution in [0.1, 0.15) is 74.1 Å². The van der Waals surface area contributed by atoms with Crippen molar-refractivity contribution in [2.75, 3.05) is 10.2 Å². The van der Waals surface area contributed by atoms with Crippen LogP contribution in [0.2, 0.25) is 0 Å². The van der Waals surface area contributed by atoms with Crippen LogP contribution in [-0.4, -0.2) is 11.7 Å². The molecule has 0 unspecified atom stereocenters. The monoisotopic (exact) mass is 570 g/mol. The third-order valence-corrected chi connectivity index (χ3v) is 8.46. The number of Topliss-reactive ketones (excluding diaryl/α,β-unsaturated/α-hetero) is 1. The molecule has 4 aromatic carbocycles. The van der Waals surface area contributed by atoms with Crippen LogP contribution in [0.4, 0.5) is 11.4 Å². The van der Waals surface area contributed by atoms with E-state index in [0.717, 1.165) is 58.8 Å².